The van der Waals surface area contributed by atoms with Crippen molar-refractivity contribution in [2.45, 2.75) is 18.8 Å². The van der Waals surface area contributed by atoms with Crippen LogP contribution in [0.4, 0.5) is 5.69 Å². The van der Waals surface area contributed by atoms with Crippen molar-refractivity contribution in [2.75, 3.05) is 19.1 Å². The summed E-state index contributed by atoms with van der Waals surface area (Å²) in [7, 11) is 3.06. The standard InChI is InChI=1S/C26H22N2O4/c1-26(15-22(29)31-3)24-23-19(10-7-11-21(23)28(2)25(26)30)18-13-12-17(14-20(18)27-24)32-16-8-5-4-6-9-16/h4-14H,15H2,1-3H3. The molecule has 6 nitrogen and oxygen atoms in total. The summed E-state index contributed by atoms with van der Waals surface area (Å²) < 4.78 is 10.9. The number of pyridine rings is 1. The van der Waals surface area contributed by atoms with Crippen LogP contribution in [-0.4, -0.2) is 31.0 Å². The number of esters is 1. The van der Waals surface area contributed by atoms with Gasteiger partial charge in [0.05, 0.1) is 30.4 Å². The number of benzene rings is 3. The number of aromatic nitrogens is 1. The minimum atomic E-state index is -1.14. The van der Waals surface area contributed by atoms with Gasteiger partial charge in [0, 0.05) is 23.9 Å². The summed E-state index contributed by atoms with van der Waals surface area (Å²) in [5.74, 6) is 0.729. The number of amides is 1. The Bertz CT molecular complexity index is 1380. The fourth-order valence-corrected chi connectivity index (χ4v) is 4.49. The SMILES string of the molecule is COC(=O)CC1(C)C(=O)N(C)c2cccc3c2c1nc1cc(Oc2ccccc2)ccc13. The summed E-state index contributed by atoms with van der Waals surface area (Å²) in [4.78, 5) is 32.2. The number of nitrogens with zero attached hydrogens (tertiary/aromatic N) is 2. The van der Waals surface area contributed by atoms with E-state index in [1.54, 1.807) is 18.9 Å². The third kappa shape index (κ3) is 2.99. The maximum absolute atomic E-state index is 13.4. The van der Waals surface area contributed by atoms with Crippen LogP contribution in [0.3, 0.4) is 0 Å². The van der Waals surface area contributed by atoms with Crippen molar-refractivity contribution in [3.63, 3.8) is 0 Å². The largest absolute Gasteiger partial charge is 0.469 e. The summed E-state index contributed by atoms with van der Waals surface area (Å²) in [6, 6.07) is 21.1. The molecule has 160 valence electrons. The number of fused-ring (bicyclic) bond motifs is 2. The van der Waals surface area contributed by atoms with Gasteiger partial charge in [-0.05, 0) is 42.6 Å². The van der Waals surface area contributed by atoms with Crippen molar-refractivity contribution in [1.29, 1.82) is 0 Å². The Hall–Kier alpha value is -3.93. The van der Waals surface area contributed by atoms with E-state index in [1.165, 1.54) is 7.11 Å². The molecule has 0 aliphatic carbocycles. The minimum absolute atomic E-state index is 0.0885. The lowest BCUT2D eigenvalue weighted by atomic mass is 9.76. The van der Waals surface area contributed by atoms with E-state index in [0.717, 1.165) is 27.6 Å². The molecule has 2 heterocycles. The number of hydrogen-bond donors (Lipinski definition) is 0. The molecule has 0 bridgehead atoms. The van der Waals surface area contributed by atoms with Crippen molar-refractivity contribution in [1.82, 2.24) is 4.98 Å². The quantitative estimate of drug-likeness (QED) is 0.340. The molecule has 0 N–H and O–H groups in total. The Balaban J connectivity index is 1.76. The van der Waals surface area contributed by atoms with E-state index in [0.29, 0.717) is 17.0 Å². The Morgan fingerprint density at radius 3 is 2.53 bits per heavy atom. The fraction of sp³-hybridized carbons (Fsp3) is 0.192. The van der Waals surface area contributed by atoms with E-state index < -0.39 is 11.4 Å². The van der Waals surface area contributed by atoms with Crippen LogP contribution in [0.2, 0.25) is 0 Å². The summed E-state index contributed by atoms with van der Waals surface area (Å²) >= 11 is 0. The molecule has 3 aromatic carbocycles. The van der Waals surface area contributed by atoms with Gasteiger partial charge in [-0.3, -0.25) is 14.6 Å². The second kappa shape index (κ2) is 7.34. The van der Waals surface area contributed by atoms with Gasteiger partial charge in [0.1, 0.15) is 16.9 Å². The first-order chi connectivity index (χ1) is 15.4. The topological polar surface area (TPSA) is 68.7 Å². The molecule has 6 heteroatoms. The van der Waals surface area contributed by atoms with Crippen molar-refractivity contribution >= 4 is 39.2 Å². The van der Waals surface area contributed by atoms with Gasteiger partial charge in [-0.2, -0.15) is 0 Å². The highest BCUT2D eigenvalue weighted by Gasteiger charge is 2.46. The second-order valence-electron chi connectivity index (χ2n) is 8.20. The van der Waals surface area contributed by atoms with Crippen molar-refractivity contribution < 1.29 is 19.1 Å². The van der Waals surface area contributed by atoms with Crippen LogP contribution in [0.1, 0.15) is 19.0 Å². The van der Waals surface area contributed by atoms with Crippen LogP contribution in [0.25, 0.3) is 21.7 Å². The van der Waals surface area contributed by atoms with Crippen LogP contribution in [0.5, 0.6) is 11.5 Å². The second-order valence-corrected chi connectivity index (χ2v) is 8.20. The molecular formula is C26H22N2O4. The molecule has 1 aliphatic rings. The van der Waals surface area contributed by atoms with Crippen molar-refractivity contribution in [2.24, 2.45) is 0 Å². The summed E-state index contributed by atoms with van der Waals surface area (Å²) in [6.07, 6.45) is -0.0885. The van der Waals surface area contributed by atoms with Crippen LogP contribution in [-0.2, 0) is 19.7 Å². The molecule has 0 radical (unpaired) electrons. The fourth-order valence-electron chi connectivity index (χ4n) is 4.49. The lowest BCUT2D eigenvalue weighted by molar-refractivity contribution is -0.144. The monoisotopic (exact) mass is 426 g/mol. The van der Waals surface area contributed by atoms with Crippen LogP contribution < -0.4 is 9.64 Å². The van der Waals surface area contributed by atoms with E-state index in [2.05, 4.69) is 0 Å². The van der Waals surface area contributed by atoms with E-state index in [1.807, 2.05) is 66.7 Å². The first-order valence-electron chi connectivity index (χ1n) is 10.4. The third-order valence-electron chi connectivity index (χ3n) is 6.14. The number of anilines is 1. The Morgan fingerprint density at radius 2 is 1.78 bits per heavy atom. The minimum Gasteiger partial charge on any atom is -0.469 e. The number of carbonyl (C=O) groups excluding carboxylic acids is 2. The lowest BCUT2D eigenvalue weighted by Crippen LogP contribution is -2.48. The van der Waals surface area contributed by atoms with Gasteiger partial charge in [0.15, 0.2) is 0 Å². The molecule has 0 spiro atoms. The van der Waals surface area contributed by atoms with Crippen LogP contribution >= 0.6 is 0 Å². The summed E-state index contributed by atoms with van der Waals surface area (Å²) in [6.45, 7) is 1.76. The molecule has 0 fully saturated rings. The number of para-hydroxylation sites is 1. The molecule has 1 aromatic heterocycles. The molecule has 0 saturated heterocycles. The summed E-state index contributed by atoms with van der Waals surface area (Å²) in [5, 5.41) is 2.81. The third-order valence-corrected chi connectivity index (χ3v) is 6.14. The van der Waals surface area contributed by atoms with Gasteiger partial charge >= 0.3 is 5.97 Å². The summed E-state index contributed by atoms with van der Waals surface area (Å²) in [5.41, 5.74) is 0.926. The van der Waals surface area contributed by atoms with Gasteiger partial charge in [-0.15, -0.1) is 0 Å². The van der Waals surface area contributed by atoms with Crippen LogP contribution in [0.15, 0.2) is 66.7 Å². The number of rotatable bonds is 4. The zero-order valence-electron chi connectivity index (χ0n) is 18.1. The first kappa shape index (κ1) is 20.0. The molecule has 1 unspecified atom stereocenters. The number of methoxy groups -OCH3 is 1. The Kier molecular flexibility index (Phi) is 4.59. The van der Waals surface area contributed by atoms with Crippen molar-refractivity contribution in [3.8, 4) is 11.5 Å². The molecule has 1 aliphatic heterocycles. The predicted octanol–water partition coefficient (Wildman–Crippen LogP) is 4.98. The average molecular weight is 426 g/mol. The molecular weight excluding hydrogens is 404 g/mol. The number of carbonyl (C=O) groups is 2. The zero-order chi connectivity index (χ0) is 22.5. The normalized spacial score (nSPS) is 17.6. The van der Waals surface area contributed by atoms with Gasteiger partial charge in [-0.25, -0.2) is 0 Å². The van der Waals surface area contributed by atoms with E-state index >= 15 is 0 Å². The Labute approximate surface area is 185 Å². The average Bonchev–Trinajstić information content (AvgIpc) is 2.81. The highest BCUT2D eigenvalue weighted by molar-refractivity contribution is 6.20. The van der Waals surface area contributed by atoms with Gasteiger partial charge in [-0.1, -0.05) is 30.3 Å². The Morgan fingerprint density at radius 1 is 1.00 bits per heavy atom. The van der Waals surface area contributed by atoms with Crippen LogP contribution in [0, 0.1) is 0 Å². The zero-order valence-corrected chi connectivity index (χ0v) is 18.1. The molecule has 5 rings (SSSR count). The maximum Gasteiger partial charge on any atom is 0.306 e. The molecule has 32 heavy (non-hydrogen) atoms. The number of ether oxygens (including phenoxy) is 2. The van der Waals surface area contributed by atoms with Crippen molar-refractivity contribution in [3.05, 3.63) is 72.4 Å². The number of hydrogen-bond acceptors (Lipinski definition) is 5. The highest BCUT2D eigenvalue weighted by atomic mass is 16.5. The molecule has 1 atom stereocenters. The van der Waals surface area contributed by atoms with E-state index in [4.69, 9.17) is 14.5 Å². The first-order valence-corrected chi connectivity index (χ1v) is 10.4. The highest BCUT2D eigenvalue weighted by Crippen LogP contribution is 2.45. The molecule has 4 aromatic rings. The van der Waals surface area contributed by atoms with Gasteiger partial charge < -0.3 is 14.4 Å². The molecule has 1 amide bonds. The maximum atomic E-state index is 13.4. The lowest BCUT2D eigenvalue weighted by Gasteiger charge is -2.38. The predicted molar refractivity (Wildman–Crippen MR) is 123 cm³/mol. The van der Waals surface area contributed by atoms with E-state index in [9.17, 15) is 9.59 Å². The van der Waals surface area contributed by atoms with Gasteiger partial charge in [0.2, 0.25) is 5.91 Å². The van der Waals surface area contributed by atoms with Gasteiger partial charge in [0.25, 0.3) is 0 Å². The van der Waals surface area contributed by atoms with E-state index in [-0.39, 0.29) is 12.3 Å². The number of likely N-dealkylation sites (N-methyl/N-ethyl adjacent to an activating group) is 1. The molecule has 0 saturated carbocycles. The smallest absolute Gasteiger partial charge is 0.306 e.